The Labute approximate surface area is 108 Å². The van der Waals surface area contributed by atoms with E-state index < -0.39 is 0 Å². The van der Waals surface area contributed by atoms with Crippen LogP contribution in [-0.2, 0) is 4.79 Å². The SMILES string of the molecule is C=C(C)CN1c2ccccc2[C@H](C(N)=O)C[C@@H]1C. The van der Waals surface area contributed by atoms with Gasteiger partial charge in [0.15, 0.2) is 0 Å². The van der Waals surface area contributed by atoms with Crippen LogP contribution in [0.1, 0.15) is 31.7 Å². The summed E-state index contributed by atoms with van der Waals surface area (Å²) in [4.78, 5) is 13.9. The Hall–Kier alpha value is -1.77. The number of amides is 1. The number of para-hydroxylation sites is 1. The monoisotopic (exact) mass is 244 g/mol. The Kier molecular flexibility index (Phi) is 3.41. The summed E-state index contributed by atoms with van der Waals surface area (Å²) in [6.07, 6.45) is 0.777. The van der Waals surface area contributed by atoms with Crippen molar-refractivity contribution in [2.75, 3.05) is 11.4 Å². The molecule has 3 heteroatoms. The maximum absolute atomic E-state index is 11.6. The van der Waals surface area contributed by atoms with Gasteiger partial charge in [-0.05, 0) is 31.9 Å². The highest BCUT2D eigenvalue weighted by Gasteiger charge is 2.32. The lowest BCUT2D eigenvalue weighted by molar-refractivity contribution is -0.119. The molecular weight excluding hydrogens is 224 g/mol. The molecule has 0 unspecified atom stereocenters. The third-order valence-corrected chi connectivity index (χ3v) is 3.51. The van der Waals surface area contributed by atoms with E-state index in [0.29, 0.717) is 6.04 Å². The molecule has 0 saturated carbocycles. The average Bonchev–Trinajstić information content (AvgIpc) is 2.31. The molecule has 0 radical (unpaired) electrons. The second kappa shape index (κ2) is 4.84. The van der Waals surface area contributed by atoms with Gasteiger partial charge in [-0.1, -0.05) is 30.4 Å². The van der Waals surface area contributed by atoms with Gasteiger partial charge in [-0.2, -0.15) is 0 Å². The van der Waals surface area contributed by atoms with Gasteiger partial charge in [-0.15, -0.1) is 0 Å². The van der Waals surface area contributed by atoms with E-state index in [-0.39, 0.29) is 11.8 Å². The molecule has 2 atom stereocenters. The number of primary amides is 1. The van der Waals surface area contributed by atoms with Crippen LogP contribution >= 0.6 is 0 Å². The van der Waals surface area contributed by atoms with Crippen molar-refractivity contribution in [3.63, 3.8) is 0 Å². The fourth-order valence-electron chi connectivity index (χ4n) is 2.68. The molecular formula is C15H20N2O. The topological polar surface area (TPSA) is 46.3 Å². The first kappa shape index (κ1) is 12.7. The minimum absolute atomic E-state index is 0.169. The van der Waals surface area contributed by atoms with Crippen LogP contribution in [0.4, 0.5) is 5.69 Å². The zero-order valence-corrected chi connectivity index (χ0v) is 11.0. The van der Waals surface area contributed by atoms with Crippen molar-refractivity contribution in [1.29, 1.82) is 0 Å². The number of hydrogen-bond acceptors (Lipinski definition) is 2. The molecule has 0 fully saturated rings. The van der Waals surface area contributed by atoms with Crippen LogP contribution in [0.5, 0.6) is 0 Å². The maximum Gasteiger partial charge on any atom is 0.225 e. The highest BCUT2D eigenvalue weighted by Crippen LogP contribution is 2.38. The number of anilines is 1. The van der Waals surface area contributed by atoms with Crippen LogP contribution in [0.3, 0.4) is 0 Å². The standard InChI is InChI=1S/C15H20N2O/c1-10(2)9-17-11(3)8-13(15(16)18)12-6-4-5-7-14(12)17/h4-7,11,13H,1,8-9H2,2-3H3,(H2,16,18)/t11-,13+/m0/s1. The lowest BCUT2D eigenvalue weighted by atomic mass is 9.85. The van der Waals surface area contributed by atoms with Crippen molar-refractivity contribution in [3.05, 3.63) is 42.0 Å². The molecule has 1 heterocycles. The average molecular weight is 244 g/mol. The summed E-state index contributed by atoms with van der Waals surface area (Å²) in [5.41, 5.74) is 8.80. The summed E-state index contributed by atoms with van der Waals surface area (Å²) >= 11 is 0. The third kappa shape index (κ3) is 2.26. The molecule has 96 valence electrons. The Morgan fingerprint density at radius 2 is 2.17 bits per heavy atom. The molecule has 0 spiro atoms. The van der Waals surface area contributed by atoms with Crippen LogP contribution in [0.15, 0.2) is 36.4 Å². The lowest BCUT2D eigenvalue weighted by Gasteiger charge is -2.40. The maximum atomic E-state index is 11.6. The van der Waals surface area contributed by atoms with Crippen molar-refractivity contribution in [2.45, 2.75) is 32.2 Å². The molecule has 3 nitrogen and oxygen atoms in total. The van der Waals surface area contributed by atoms with E-state index >= 15 is 0 Å². The van der Waals surface area contributed by atoms with Crippen molar-refractivity contribution in [1.82, 2.24) is 0 Å². The predicted octanol–water partition coefficient (Wildman–Crippen LogP) is 2.43. The molecule has 0 aliphatic carbocycles. The summed E-state index contributed by atoms with van der Waals surface area (Å²) in [6.45, 7) is 8.96. The normalized spacial score (nSPS) is 22.4. The van der Waals surface area contributed by atoms with Crippen LogP contribution in [0.2, 0.25) is 0 Å². The fourth-order valence-corrected chi connectivity index (χ4v) is 2.68. The number of fused-ring (bicyclic) bond motifs is 1. The summed E-state index contributed by atoms with van der Waals surface area (Å²) in [6, 6.07) is 8.32. The number of rotatable bonds is 3. The zero-order chi connectivity index (χ0) is 13.3. The molecule has 1 aromatic carbocycles. The molecule has 0 saturated heterocycles. The summed E-state index contributed by atoms with van der Waals surface area (Å²) in [5.74, 6) is -0.401. The van der Waals surface area contributed by atoms with Crippen molar-refractivity contribution in [3.8, 4) is 0 Å². The largest absolute Gasteiger partial charge is 0.369 e. The van der Waals surface area contributed by atoms with Gasteiger partial charge in [0.25, 0.3) is 0 Å². The van der Waals surface area contributed by atoms with E-state index in [1.807, 2.05) is 25.1 Å². The minimum Gasteiger partial charge on any atom is -0.369 e. The van der Waals surface area contributed by atoms with Gasteiger partial charge in [0.05, 0.1) is 5.92 Å². The molecule has 18 heavy (non-hydrogen) atoms. The van der Waals surface area contributed by atoms with Gasteiger partial charge < -0.3 is 10.6 Å². The van der Waals surface area contributed by atoms with Crippen molar-refractivity contribution < 1.29 is 4.79 Å². The summed E-state index contributed by atoms with van der Waals surface area (Å²) < 4.78 is 0. The Morgan fingerprint density at radius 3 is 2.78 bits per heavy atom. The molecule has 2 N–H and O–H groups in total. The van der Waals surface area contributed by atoms with Crippen molar-refractivity contribution in [2.24, 2.45) is 5.73 Å². The van der Waals surface area contributed by atoms with Gasteiger partial charge in [0, 0.05) is 18.3 Å². The number of nitrogens with two attached hydrogens (primary N) is 1. The van der Waals surface area contributed by atoms with E-state index in [2.05, 4.69) is 24.5 Å². The Balaban J connectivity index is 2.44. The summed E-state index contributed by atoms with van der Waals surface area (Å²) in [7, 11) is 0. The first-order valence-electron chi connectivity index (χ1n) is 6.30. The number of carbonyl (C=O) groups is 1. The molecule has 1 aromatic rings. The summed E-state index contributed by atoms with van der Waals surface area (Å²) in [5, 5.41) is 0. The first-order chi connectivity index (χ1) is 8.50. The smallest absolute Gasteiger partial charge is 0.225 e. The van der Waals surface area contributed by atoms with Gasteiger partial charge in [-0.25, -0.2) is 0 Å². The lowest BCUT2D eigenvalue weighted by Crippen LogP contribution is -2.42. The van der Waals surface area contributed by atoms with E-state index in [9.17, 15) is 4.79 Å². The van der Waals surface area contributed by atoms with E-state index in [4.69, 9.17) is 5.73 Å². The second-order valence-electron chi connectivity index (χ2n) is 5.18. The zero-order valence-electron chi connectivity index (χ0n) is 11.0. The van der Waals surface area contributed by atoms with Gasteiger partial charge in [0.2, 0.25) is 5.91 Å². The van der Waals surface area contributed by atoms with Crippen LogP contribution < -0.4 is 10.6 Å². The van der Waals surface area contributed by atoms with Gasteiger partial charge >= 0.3 is 0 Å². The van der Waals surface area contributed by atoms with Gasteiger partial charge in [-0.3, -0.25) is 4.79 Å². The molecule has 1 amide bonds. The molecule has 0 aromatic heterocycles. The highest BCUT2D eigenvalue weighted by molar-refractivity contribution is 5.85. The van der Waals surface area contributed by atoms with Crippen LogP contribution in [-0.4, -0.2) is 18.5 Å². The molecule has 0 bridgehead atoms. The number of hydrogen-bond donors (Lipinski definition) is 1. The third-order valence-electron chi connectivity index (χ3n) is 3.51. The van der Waals surface area contributed by atoms with Crippen LogP contribution in [0, 0.1) is 0 Å². The number of carbonyl (C=O) groups excluding carboxylic acids is 1. The minimum atomic E-state index is -0.232. The van der Waals surface area contributed by atoms with Crippen molar-refractivity contribution >= 4 is 11.6 Å². The molecule has 2 rings (SSSR count). The number of nitrogens with zero attached hydrogens (tertiary/aromatic N) is 1. The second-order valence-corrected chi connectivity index (χ2v) is 5.18. The molecule has 1 aliphatic rings. The van der Waals surface area contributed by atoms with Gasteiger partial charge in [0.1, 0.15) is 0 Å². The Bertz CT molecular complexity index is 481. The first-order valence-corrected chi connectivity index (χ1v) is 6.30. The quantitative estimate of drug-likeness (QED) is 0.830. The Morgan fingerprint density at radius 1 is 1.50 bits per heavy atom. The molecule has 1 aliphatic heterocycles. The number of benzene rings is 1. The van der Waals surface area contributed by atoms with Crippen LogP contribution in [0.25, 0.3) is 0 Å². The van der Waals surface area contributed by atoms with E-state index in [1.165, 1.54) is 0 Å². The van der Waals surface area contributed by atoms with E-state index in [0.717, 1.165) is 29.8 Å². The predicted molar refractivity (Wildman–Crippen MR) is 74.6 cm³/mol. The fraction of sp³-hybridized carbons (Fsp3) is 0.400. The highest BCUT2D eigenvalue weighted by atomic mass is 16.1. The van der Waals surface area contributed by atoms with E-state index in [1.54, 1.807) is 0 Å².